The highest BCUT2D eigenvalue weighted by Crippen LogP contribution is 2.35. The van der Waals surface area contributed by atoms with E-state index < -0.39 is 11.7 Å². The fraction of sp³-hybridized carbons (Fsp3) is 0.480. The number of alkyl halides is 3. The number of unbranched alkanes of at least 4 members (excludes halogenated alkanes) is 2. The van der Waals surface area contributed by atoms with E-state index in [9.17, 15) is 13.2 Å². The maximum atomic E-state index is 12.8. The molecule has 0 N–H and O–H groups in total. The highest BCUT2D eigenvalue weighted by atomic mass is 19.4. The zero-order valence-electron chi connectivity index (χ0n) is 17.9. The Morgan fingerprint density at radius 3 is 2.39 bits per heavy atom. The average Bonchev–Trinajstić information content (AvgIpc) is 2.78. The van der Waals surface area contributed by atoms with Crippen molar-refractivity contribution in [2.75, 3.05) is 26.2 Å². The summed E-state index contributed by atoms with van der Waals surface area (Å²) in [6.45, 7) is 5.61. The van der Waals surface area contributed by atoms with Crippen molar-refractivity contribution in [1.82, 2.24) is 4.90 Å². The van der Waals surface area contributed by atoms with Crippen LogP contribution in [0.25, 0.3) is 0 Å². The summed E-state index contributed by atoms with van der Waals surface area (Å²) >= 11 is 0. The van der Waals surface area contributed by atoms with E-state index in [1.807, 2.05) is 24.3 Å². The minimum Gasteiger partial charge on any atom is -0.493 e. The van der Waals surface area contributed by atoms with Gasteiger partial charge in [-0.05, 0) is 73.8 Å². The van der Waals surface area contributed by atoms with Crippen LogP contribution in [0.1, 0.15) is 55.2 Å². The molecule has 1 heterocycles. The van der Waals surface area contributed by atoms with E-state index in [0.29, 0.717) is 23.8 Å². The zero-order chi connectivity index (χ0) is 22.3. The molecule has 2 atom stereocenters. The first kappa shape index (κ1) is 23.1. The molecule has 0 aromatic heterocycles. The molecule has 2 aromatic rings. The normalized spacial score (nSPS) is 19.7. The van der Waals surface area contributed by atoms with Gasteiger partial charge in [0.25, 0.3) is 0 Å². The maximum Gasteiger partial charge on any atom is 0.416 e. The first-order valence-corrected chi connectivity index (χ1v) is 10.9. The van der Waals surface area contributed by atoms with E-state index in [2.05, 4.69) is 17.9 Å². The summed E-state index contributed by atoms with van der Waals surface area (Å²) in [6, 6.07) is 14.8. The SMILES string of the molecule is CCCCCN1CC[C@@H](c2ccc(C#N)cc2)[C@H](COc2ccc(C(F)(F)F)cc2)C1. The van der Waals surface area contributed by atoms with Gasteiger partial charge >= 0.3 is 6.18 Å². The first-order valence-electron chi connectivity index (χ1n) is 10.9. The van der Waals surface area contributed by atoms with E-state index in [1.54, 1.807) is 0 Å². The van der Waals surface area contributed by atoms with Gasteiger partial charge in [-0.15, -0.1) is 0 Å². The lowest BCUT2D eigenvalue weighted by Crippen LogP contribution is -2.42. The molecular formula is C25H29F3N2O. The Bertz CT molecular complexity index is 856. The molecule has 0 spiro atoms. The van der Waals surface area contributed by atoms with Gasteiger partial charge in [0, 0.05) is 12.5 Å². The molecule has 1 saturated heterocycles. The van der Waals surface area contributed by atoms with Gasteiger partial charge in [0.1, 0.15) is 5.75 Å². The van der Waals surface area contributed by atoms with Crippen LogP contribution in [0.2, 0.25) is 0 Å². The third-order valence-electron chi connectivity index (χ3n) is 6.01. The van der Waals surface area contributed by atoms with Crippen LogP contribution in [0.15, 0.2) is 48.5 Å². The van der Waals surface area contributed by atoms with Gasteiger partial charge in [-0.2, -0.15) is 18.4 Å². The molecule has 6 heteroatoms. The lowest BCUT2D eigenvalue weighted by molar-refractivity contribution is -0.137. The van der Waals surface area contributed by atoms with Crippen LogP contribution < -0.4 is 4.74 Å². The molecule has 166 valence electrons. The molecule has 0 unspecified atom stereocenters. The summed E-state index contributed by atoms with van der Waals surface area (Å²) < 4.78 is 44.3. The highest BCUT2D eigenvalue weighted by Gasteiger charge is 2.32. The second-order valence-electron chi connectivity index (χ2n) is 8.23. The van der Waals surface area contributed by atoms with Crippen molar-refractivity contribution in [1.29, 1.82) is 5.26 Å². The molecule has 0 amide bonds. The summed E-state index contributed by atoms with van der Waals surface area (Å²) in [5.74, 6) is 0.977. The third-order valence-corrected chi connectivity index (χ3v) is 6.01. The topological polar surface area (TPSA) is 36.3 Å². The van der Waals surface area contributed by atoms with Gasteiger partial charge in [-0.3, -0.25) is 0 Å². The molecule has 1 aliphatic heterocycles. The van der Waals surface area contributed by atoms with Crippen LogP contribution in [0, 0.1) is 17.2 Å². The van der Waals surface area contributed by atoms with Crippen molar-refractivity contribution in [2.24, 2.45) is 5.92 Å². The lowest BCUT2D eigenvalue weighted by Gasteiger charge is -2.39. The summed E-state index contributed by atoms with van der Waals surface area (Å²) in [5.41, 5.74) is 1.15. The van der Waals surface area contributed by atoms with E-state index >= 15 is 0 Å². The van der Waals surface area contributed by atoms with Crippen molar-refractivity contribution in [3.05, 3.63) is 65.2 Å². The predicted molar refractivity (Wildman–Crippen MR) is 115 cm³/mol. The van der Waals surface area contributed by atoms with Crippen molar-refractivity contribution in [3.8, 4) is 11.8 Å². The predicted octanol–water partition coefficient (Wildman–Crippen LogP) is 6.25. The molecule has 3 nitrogen and oxygen atoms in total. The van der Waals surface area contributed by atoms with Crippen LogP contribution in [0.5, 0.6) is 5.75 Å². The Hall–Kier alpha value is -2.52. The van der Waals surface area contributed by atoms with Crippen LogP contribution in [-0.2, 0) is 6.18 Å². The van der Waals surface area contributed by atoms with Gasteiger partial charge in [0.15, 0.2) is 0 Å². The lowest BCUT2D eigenvalue weighted by atomic mass is 9.80. The van der Waals surface area contributed by atoms with Crippen molar-refractivity contribution < 1.29 is 17.9 Å². The minimum atomic E-state index is -4.35. The fourth-order valence-corrected chi connectivity index (χ4v) is 4.25. The van der Waals surface area contributed by atoms with Gasteiger partial charge in [-0.25, -0.2) is 0 Å². The molecule has 0 bridgehead atoms. The summed E-state index contributed by atoms with van der Waals surface area (Å²) in [6.07, 6.45) is 0.218. The monoisotopic (exact) mass is 430 g/mol. The molecule has 1 fully saturated rings. The third kappa shape index (κ3) is 6.48. The maximum absolute atomic E-state index is 12.8. The number of nitriles is 1. The molecule has 0 radical (unpaired) electrons. The Morgan fingerprint density at radius 2 is 1.77 bits per heavy atom. The molecule has 0 aliphatic carbocycles. The van der Waals surface area contributed by atoms with Crippen LogP contribution >= 0.6 is 0 Å². The van der Waals surface area contributed by atoms with E-state index in [-0.39, 0.29) is 5.92 Å². The Kier molecular flexibility index (Phi) is 7.97. The zero-order valence-corrected chi connectivity index (χ0v) is 17.9. The summed E-state index contributed by atoms with van der Waals surface area (Å²) in [7, 11) is 0. The van der Waals surface area contributed by atoms with E-state index in [0.717, 1.165) is 38.2 Å². The van der Waals surface area contributed by atoms with Crippen molar-refractivity contribution in [3.63, 3.8) is 0 Å². The van der Waals surface area contributed by atoms with Gasteiger partial charge in [0.2, 0.25) is 0 Å². The van der Waals surface area contributed by atoms with Gasteiger partial charge in [-0.1, -0.05) is 31.9 Å². The number of halogens is 3. The van der Waals surface area contributed by atoms with Crippen molar-refractivity contribution in [2.45, 2.75) is 44.7 Å². The fourth-order valence-electron chi connectivity index (χ4n) is 4.25. The highest BCUT2D eigenvalue weighted by molar-refractivity contribution is 5.34. The standard InChI is InChI=1S/C25H29F3N2O/c1-2-3-4-14-30-15-13-24(20-7-5-19(16-29)6-8-20)21(17-30)18-31-23-11-9-22(10-12-23)25(26,27)28/h5-12,21,24H,2-4,13-15,17-18H2,1H3/t21-,24-/m0/s1. The van der Waals surface area contributed by atoms with E-state index in [1.165, 1.54) is 37.0 Å². The first-order chi connectivity index (χ1) is 14.9. The van der Waals surface area contributed by atoms with E-state index in [4.69, 9.17) is 10.00 Å². The van der Waals surface area contributed by atoms with Gasteiger partial charge in [0.05, 0.1) is 23.8 Å². The largest absolute Gasteiger partial charge is 0.493 e. The quantitative estimate of drug-likeness (QED) is 0.464. The van der Waals surface area contributed by atoms with Crippen LogP contribution in [0.3, 0.4) is 0 Å². The average molecular weight is 431 g/mol. The van der Waals surface area contributed by atoms with Crippen LogP contribution in [0.4, 0.5) is 13.2 Å². The second-order valence-corrected chi connectivity index (χ2v) is 8.23. The summed E-state index contributed by atoms with van der Waals surface area (Å²) in [5, 5.41) is 9.06. The Balaban J connectivity index is 1.69. The number of ether oxygens (including phenoxy) is 1. The second kappa shape index (κ2) is 10.7. The molecule has 2 aromatic carbocycles. The number of rotatable bonds is 8. The molecule has 3 rings (SSSR count). The molecule has 1 aliphatic rings. The van der Waals surface area contributed by atoms with Crippen molar-refractivity contribution >= 4 is 0 Å². The number of nitrogens with zero attached hydrogens (tertiary/aromatic N) is 2. The molecular weight excluding hydrogens is 401 g/mol. The van der Waals surface area contributed by atoms with Crippen LogP contribution in [-0.4, -0.2) is 31.1 Å². The molecule has 0 saturated carbocycles. The number of likely N-dealkylation sites (tertiary alicyclic amines) is 1. The number of hydrogen-bond acceptors (Lipinski definition) is 3. The molecule has 31 heavy (non-hydrogen) atoms. The number of benzene rings is 2. The summed E-state index contributed by atoms with van der Waals surface area (Å²) in [4.78, 5) is 2.47. The number of hydrogen-bond donors (Lipinski definition) is 0. The Morgan fingerprint density at radius 1 is 1.06 bits per heavy atom. The smallest absolute Gasteiger partial charge is 0.416 e. The number of piperidine rings is 1. The Labute approximate surface area is 182 Å². The van der Waals surface area contributed by atoms with Gasteiger partial charge < -0.3 is 9.64 Å². The minimum absolute atomic E-state index is 0.227.